The van der Waals surface area contributed by atoms with Gasteiger partial charge in [0.2, 0.25) is 0 Å². The van der Waals surface area contributed by atoms with Crippen LogP contribution in [0.5, 0.6) is 0 Å². The monoisotopic (exact) mass is 296 g/mol. The van der Waals surface area contributed by atoms with Crippen molar-refractivity contribution in [2.75, 3.05) is 13.6 Å². The van der Waals surface area contributed by atoms with Gasteiger partial charge >= 0.3 is 6.18 Å². The van der Waals surface area contributed by atoms with Gasteiger partial charge in [-0.25, -0.2) is 4.98 Å². The van der Waals surface area contributed by atoms with Crippen LogP contribution in [0.3, 0.4) is 0 Å². The van der Waals surface area contributed by atoms with Crippen molar-refractivity contribution < 1.29 is 13.2 Å². The third-order valence-electron chi connectivity index (χ3n) is 2.23. The molecule has 6 heteroatoms. The molecule has 0 bridgehead atoms. The Kier molecular flexibility index (Phi) is 4.73. The van der Waals surface area contributed by atoms with Crippen LogP contribution in [0.25, 0.3) is 0 Å². The molecule has 1 heterocycles. The largest absolute Gasteiger partial charge is 0.395 e. The zero-order valence-corrected chi connectivity index (χ0v) is 10.3. The quantitative estimate of drug-likeness (QED) is 0.864. The lowest BCUT2D eigenvalue weighted by Gasteiger charge is -2.20. The van der Waals surface area contributed by atoms with E-state index in [1.54, 1.807) is 7.05 Å². The van der Waals surface area contributed by atoms with E-state index < -0.39 is 12.1 Å². The zero-order valence-electron chi connectivity index (χ0n) is 8.68. The van der Waals surface area contributed by atoms with Crippen LogP contribution in [0.15, 0.2) is 22.9 Å². The highest BCUT2D eigenvalue weighted by Gasteiger charge is 2.40. The van der Waals surface area contributed by atoms with E-state index >= 15 is 0 Å². The fourth-order valence-corrected chi connectivity index (χ4v) is 1.64. The minimum Gasteiger partial charge on any atom is -0.320 e. The van der Waals surface area contributed by atoms with Crippen molar-refractivity contribution >= 4 is 15.9 Å². The maximum Gasteiger partial charge on any atom is 0.395 e. The molecule has 0 saturated carbocycles. The molecule has 1 aromatic rings. The van der Waals surface area contributed by atoms with Crippen LogP contribution in [-0.4, -0.2) is 24.8 Å². The van der Waals surface area contributed by atoms with Crippen LogP contribution in [0, 0.1) is 0 Å². The Morgan fingerprint density at radius 1 is 1.44 bits per heavy atom. The molecule has 1 N–H and O–H groups in total. The van der Waals surface area contributed by atoms with Crippen LogP contribution >= 0.6 is 15.9 Å². The van der Waals surface area contributed by atoms with E-state index in [-0.39, 0.29) is 12.0 Å². The first-order chi connectivity index (χ1) is 7.45. The predicted octanol–water partition coefficient (Wildman–Crippen LogP) is 3.10. The van der Waals surface area contributed by atoms with Crippen LogP contribution in [0.2, 0.25) is 0 Å². The van der Waals surface area contributed by atoms with Crippen molar-refractivity contribution in [3.05, 3.63) is 28.5 Å². The van der Waals surface area contributed by atoms with Crippen molar-refractivity contribution in [2.24, 2.45) is 0 Å². The van der Waals surface area contributed by atoms with Crippen molar-refractivity contribution in [3.63, 3.8) is 0 Å². The van der Waals surface area contributed by atoms with E-state index in [0.29, 0.717) is 11.1 Å². The van der Waals surface area contributed by atoms with E-state index in [9.17, 15) is 13.2 Å². The Balaban J connectivity index is 2.88. The van der Waals surface area contributed by atoms with Gasteiger partial charge in [0.15, 0.2) is 0 Å². The average molecular weight is 297 g/mol. The van der Waals surface area contributed by atoms with Crippen LogP contribution < -0.4 is 5.32 Å². The molecule has 1 aromatic heterocycles. The standard InChI is InChI=1S/C10H12BrF3N2/c1-15-5-4-8(10(12,13)14)7-2-3-9(11)16-6-7/h2-3,6,8,15H,4-5H2,1H3. The third-order valence-corrected chi connectivity index (χ3v) is 2.70. The van der Waals surface area contributed by atoms with Gasteiger partial charge in [-0.3, -0.25) is 0 Å². The summed E-state index contributed by atoms with van der Waals surface area (Å²) < 4.78 is 38.8. The molecule has 0 aliphatic carbocycles. The minimum atomic E-state index is -4.23. The normalized spacial score (nSPS) is 13.8. The summed E-state index contributed by atoms with van der Waals surface area (Å²) in [5, 5.41) is 2.72. The molecular formula is C10H12BrF3N2. The maximum absolute atomic E-state index is 12.8. The van der Waals surface area contributed by atoms with E-state index in [0.717, 1.165) is 0 Å². The lowest BCUT2D eigenvalue weighted by Crippen LogP contribution is -2.24. The fourth-order valence-electron chi connectivity index (χ4n) is 1.40. The lowest BCUT2D eigenvalue weighted by atomic mass is 9.97. The van der Waals surface area contributed by atoms with Crippen LogP contribution in [-0.2, 0) is 0 Å². The van der Waals surface area contributed by atoms with Gasteiger partial charge in [0, 0.05) is 6.20 Å². The number of pyridine rings is 1. The first-order valence-electron chi connectivity index (χ1n) is 4.78. The fraction of sp³-hybridized carbons (Fsp3) is 0.500. The number of nitrogens with one attached hydrogen (secondary N) is 1. The molecule has 1 unspecified atom stereocenters. The van der Waals surface area contributed by atoms with Gasteiger partial charge in [0.1, 0.15) is 4.60 Å². The number of halogens is 4. The van der Waals surface area contributed by atoms with Gasteiger partial charge in [-0.2, -0.15) is 13.2 Å². The summed E-state index contributed by atoms with van der Waals surface area (Å²) in [6.07, 6.45) is -2.95. The molecule has 1 rings (SSSR count). The predicted molar refractivity (Wildman–Crippen MR) is 59.3 cm³/mol. The lowest BCUT2D eigenvalue weighted by molar-refractivity contribution is -0.151. The summed E-state index contributed by atoms with van der Waals surface area (Å²) in [5.41, 5.74) is 0.200. The molecule has 0 radical (unpaired) electrons. The molecule has 0 aliphatic heterocycles. The molecule has 16 heavy (non-hydrogen) atoms. The second kappa shape index (κ2) is 5.63. The number of alkyl halides is 3. The summed E-state index contributed by atoms with van der Waals surface area (Å²) >= 11 is 3.09. The van der Waals surface area contributed by atoms with Crippen LogP contribution in [0.4, 0.5) is 13.2 Å². The number of nitrogens with zero attached hydrogens (tertiary/aromatic N) is 1. The van der Waals surface area contributed by atoms with Gasteiger partial charge in [-0.05, 0) is 47.6 Å². The molecular weight excluding hydrogens is 285 g/mol. The highest BCUT2D eigenvalue weighted by atomic mass is 79.9. The van der Waals surface area contributed by atoms with Crippen molar-refractivity contribution in [1.29, 1.82) is 0 Å². The van der Waals surface area contributed by atoms with Crippen molar-refractivity contribution in [2.45, 2.75) is 18.5 Å². The number of rotatable bonds is 4. The summed E-state index contributed by atoms with van der Waals surface area (Å²) in [7, 11) is 1.63. The first kappa shape index (κ1) is 13.4. The molecule has 1 atom stereocenters. The highest BCUT2D eigenvalue weighted by molar-refractivity contribution is 9.10. The van der Waals surface area contributed by atoms with Crippen LogP contribution in [0.1, 0.15) is 17.9 Å². The summed E-state index contributed by atoms with van der Waals surface area (Å²) in [5.74, 6) is -1.46. The molecule has 90 valence electrons. The molecule has 0 spiro atoms. The highest BCUT2D eigenvalue weighted by Crippen LogP contribution is 2.36. The molecule has 0 fully saturated rings. The van der Waals surface area contributed by atoms with Gasteiger partial charge < -0.3 is 5.32 Å². The Hall–Kier alpha value is -0.620. The van der Waals surface area contributed by atoms with E-state index in [1.807, 2.05) is 0 Å². The molecule has 2 nitrogen and oxygen atoms in total. The molecule has 0 aromatic carbocycles. The topological polar surface area (TPSA) is 24.9 Å². The molecule has 0 aliphatic rings. The zero-order chi connectivity index (χ0) is 12.2. The Morgan fingerprint density at radius 2 is 2.12 bits per heavy atom. The summed E-state index contributed by atoms with van der Waals surface area (Å²) in [6.45, 7) is 0.320. The molecule has 0 saturated heterocycles. The third kappa shape index (κ3) is 3.75. The summed E-state index contributed by atoms with van der Waals surface area (Å²) in [4.78, 5) is 3.82. The van der Waals surface area contributed by atoms with Gasteiger partial charge in [0.05, 0.1) is 5.92 Å². The Labute approximate surface area is 100 Å². The van der Waals surface area contributed by atoms with E-state index in [2.05, 4.69) is 26.2 Å². The minimum absolute atomic E-state index is 0.0172. The van der Waals surface area contributed by atoms with Crippen molar-refractivity contribution in [3.8, 4) is 0 Å². The molecule has 0 amide bonds. The first-order valence-corrected chi connectivity index (χ1v) is 5.57. The van der Waals surface area contributed by atoms with Gasteiger partial charge in [0.25, 0.3) is 0 Å². The SMILES string of the molecule is CNCCC(c1ccc(Br)nc1)C(F)(F)F. The average Bonchev–Trinajstić information content (AvgIpc) is 2.19. The van der Waals surface area contributed by atoms with Crippen molar-refractivity contribution in [1.82, 2.24) is 10.3 Å². The van der Waals surface area contributed by atoms with Gasteiger partial charge in [-0.1, -0.05) is 6.07 Å². The number of aromatic nitrogens is 1. The number of hydrogen-bond donors (Lipinski definition) is 1. The Morgan fingerprint density at radius 3 is 2.56 bits per heavy atom. The summed E-state index contributed by atoms with van der Waals surface area (Å²) in [6, 6.07) is 2.97. The maximum atomic E-state index is 12.8. The number of hydrogen-bond acceptors (Lipinski definition) is 2. The second-order valence-corrected chi connectivity index (χ2v) is 4.21. The van der Waals surface area contributed by atoms with E-state index in [4.69, 9.17) is 0 Å². The van der Waals surface area contributed by atoms with Gasteiger partial charge in [-0.15, -0.1) is 0 Å². The second-order valence-electron chi connectivity index (χ2n) is 3.40. The smallest absolute Gasteiger partial charge is 0.320 e. The Bertz CT molecular complexity index is 324. The van der Waals surface area contributed by atoms with E-state index in [1.165, 1.54) is 18.3 Å².